The smallest absolute Gasteiger partial charge is 0.227 e. The van der Waals surface area contributed by atoms with Gasteiger partial charge in [0.2, 0.25) is 5.89 Å². The van der Waals surface area contributed by atoms with Crippen molar-refractivity contribution >= 4 is 50.0 Å². The molecule has 280 valence electrons. The summed E-state index contributed by atoms with van der Waals surface area (Å²) in [5.74, 6) is 0.601. The van der Waals surface area contributed by atoms with Gasteiger partial charge >= 0.3 is 0 Å². The topological polar surface area (TPSA) is 42.4 Å². The maximum atomic E-state index is 6.46. The molecule has 0 bridgehead atoms. The number of aromatic nitrogens is 1. The minimum Gasteiger partial charge on any atom is -0.456 e. The molecule has 4 nitrogen and oxygen atoms in total. The number of hydrogen-bond acceptors (Lipinski definition) is 4. The van der Waals surface area contributed by atoms with Gasteiger partial charge in [-0.2, -0.15) is 0 Å². The minimum atomic E-state index is 0.601. The quantitative estimate of drug-likeness (QED) is 0.155. The molecule has 2 heterocycles. The molecule has 4 heteroatoms. The van der Waals surface area contributed by atoms with Crippen molar-refractivity contribution in [1.82, 2.24) is 4.98 Å². The van der Waals surface area contributed by atoms with Crippen molar-refractivity contribution in [3.8, 4) is 44.8 Å². The predicted octanol–water partition coefficient (Wildman–Crippen LogP) is 15.3. The third kappa shape index (κ3) is 6.41. The van der Waals surface area contributed by atoms with Crippen LogP contribution in [0.3, 0.4) is 0 Å². The van der Waals surface area contributed by atoms with Crippen LogP contribution >= 0.6 is 0 Å². The summed E-state index contributed by atoms with van der Waals surface area (Å²) in [6.07, 6.45) is 6.47. The maximum Gasteiger partial charge on any atom is 0.227 e. The van der Waals surface area contributed by atoms with E-state index >= 15 is 0 Å². The Hall–Kier alpha value is -7.69. The van der Waals surface area contributed by atoms with Gasteiger partial charge in [0.1, 0.15) is 16.7 Å². The fourth-order valence-electron chi connectivity index (χ4n) is 8.53. The van der Waals surface area contributed by atoms with Crippen LogP contribution in [0.15, 0.2) is 221 Å². The van der Waals surface area contributed by atoms with Crippen molar-refractivity contribution in [2.75, 3.05) is 4.90 Å². The average Bonchev–Trinajstić information content (AvgIpc) is 3.91. The first-order valence-electron chi connectivity index (χ1n) is 20.2. The van der Waals surface area contributed by atoms with Crippen LogP contribution in [-0.2, 0) is 0 Å². The summed E-state index contributed by atoms with van der Waals surface area (Å²) in [5, 5.41) is 2.08. The molecule has 8 aromatic carbocycles. The van der Waals surface area contributed by atoms with Crippen LogP contribution in [0.25, 0.3) is 83.4 Å². The van der Waals surface area contributed by atoms with Crippen LogP contribution in [0.2, 0.25) is 0 Å². The Labute approximate surface area is 342 Å². The number of fused-ring (bicyclic) bond motifs is 4. The fourth-order valence-corrected chi connectivity index (χ4v) is 8.53. The first-order chi connectivity index (χ1) is 29.2. The highest BCUT2D eigenvalue weighted by Crippen LogP contribution is 2.44. The largest absolute Gasteiger partial charge is 0.456 e. The maximum absolute atomic E-state index is 6.46. The molecule has 0 spiro atoms. The molecule has 0 amide bonds. The van der Waals surface area contributed by atoms with E-state index in [0.29, 0.717) is 11.5 Å². The molecule has 2 aromatic heterocycles. The zero-order valence-corrected chi connectivity index (χ0v) is 32.3. The highest BCUT2D eigenvalue weighted by Gasteiger charge is 2.22. The number of furan rings is 1. The van der Waals surface area contributed by atoms with Crippen molar-refractivity contribution in [3.63, 3.8) is 0 Å². The lowest BCUT2D eigenvalue weighted by Crippen LogP contribution is -2.18. The minimum absolute atomic E-state index is 0.601. The predicted molar refractivity (Wildman–Crippen MR) is 243 cm³/mol. The van der Waals surface area contributed by atoms with Crippen LogP contribution in [0.5, 0.6) is 0 Å². The third-order valence-corrected chi connectivity index (χ3v) is 11.5. The monoisotopic (exact) mass is 758 g/mol. The Morgan fingerprint density at radius 2 is 1.03 bits per heavy atom. The van der Waals surface area contributed by atoms with Crippen LogP contribution in [0.4, 0.5) is 11.4 Å². The molecule has 0 saturated carbocycles. The number of oxazole rings is 1. The zero-order valence-electron chi connectivity index (χ0n) is 32.3. The number of rotatable bonds is 8. The van der Waals surface area contributed by atoms with E-state index < -0.39 is 0 Å². The van der Waals surface area contributed by atoms with Crippen LogP contribution < -0.4 is 4.90 Å². The number of benzene rings is 8. The van der Waals surface area contributed by atoms with Gasteiger partial charge in [0.25, 0.3) is 0 Å². The van der Waals surface area contributed by atoms with E-state index in [-0.39, 0.29) is 0 Å². The number of nitrogens with zero attached hydrogens (tertiary/aromatic N) is 2. The Balaban J connectivity index is 1.00. The van der Waals surface area contributed by atoms with Gasteiger partial charge in [-0.05, 0) is 100 Å². The van der Waals surface area contributed by atoms with E-state index in [2.05, 4.69) is 169 Å². The second-order valence-electron chi connectivity index (χ2n) is 15.0. The van der Waals surface area contributed by atoms with E-state index in [4.69, 9.17) is 13.8 Å². The molecule has 0 atom stereocenters. The number of anilines is 2. The highest BCUT2D eigenvalue weighted by molar-refractivity contribution is 6.15. The van der Waals surface area contributed by atoms with E-state index in [0.717, 1.165) is 68.4 Å². The Morgan fingerprint density at radius 1 is 0.424 bits per heavy atom. The van der Waals surface area contributed by atoms with Gasteiger partial charge in [0, 0.05) is 39.4 Å². The standard InChI is InChI=1S/C55H38N2O2/c1-4-13-37(14-5-1)39-23-25-41(26-24-39)46-19-10-11-21-50(46)57(44-31-27-40(28-32-44)38-15-6-2-7-16-38)45-33-29-42(30-34-45)47-20-12-22-51-54(47)48-35-49-53(36-52(48)58-51)59-55(56-49)43-17-8-3-9-18-43/h1-27,29-31,33-36H,28,32H2. The van der Waals surface area contributed by atoms with Gasteiger partial charge in [-0.1, -0.05) is 152 Å². The molecule has 11 rings (SSSR count). The second kappa shape index (κ2) is 14.7. The first kappa shape index (κ1) is 34.5. The average molecular weight is 759 g/mol. The van der Waals surface area contributed by atoms with E-state index in [1.807, 2.05) is 42.5 Å². The fraction of sp³-hybridized carbons (Fsp3) is 0.0364. The summed E-state index contributed by atoms with van der Waals surface area (Å²) >= 11 is 0. The molecule has 0 aliphatic heterocycles. The van der Waals surface area contributed by atoms with E-state index in [9.17, 15) is 0 Å². The molecular weight excluding hydrogens is 721 g/mol. The van der Waals surface area contributed by atoms with Crippen LogP contribution in [0.1, 0.15) is 18.4 Å². The molecule has 1 aliphatic rings. The van der Waals surface area contributed by atoms with Gasteiger partial charge in [-0.25, -0.2) is 4.98 Å². The molecule has 0 fully saturated rings. The summed E-state index contributed by atoms with van der Waals surface area (Å²) < 4.78 is 12.7. The highest BCUT2D eigenvalue weighted by atomic mass is 16.4. The third-order valence-electron chi connectivity index (χ3n) is 11.5. The molecule has 0 saturated heterocycles. The number of para-hydroxylation sites is 1. The Bertz CT molecular complexity index is 3180. The lowest BCUT2D eigenvalue weighted by atomic mass is 9.93. The molecule has 1 aliphatic carbocycles. The van der Waals surface area contributed by atoms with Gasteiger partial charge in [-0.15, -0.1) is 0 Å². The van der Waals surface area contributed by atoms with Crippen LogP contribution in [0, 0.1) is 0 Å². The van der Waals surface area contributed by atoms with Gasteiger partial charge in [0.05, 0.1) is 5.69 Å². The second-order valence-corrected chi connectivity index (χ2v) is 15.0. The van der Waals surface area contributed by atoms with Crippen LogP contribution in [-0.4, -0.2) is 4.98 Å². The van der Waals surface area contributed by atoms with E-state index in [1.165, 1.54) is 39.1 Å². The SMILES string of the molecule is C1=C(c2ccccc2)CCC(N(c2ccc(-c3cccc4oc5cc6oc(-c7ccccc7)nc6cc5c34)cc2)c2ccccc2-c2ccc(-c3ccccc3)cc2)=C1. The summed E-state index contributed by atoms with van der Waals surface area (Å²) in [6, 6.07) is 68.4. The lowest BCUT2D eigenvalue weighted by Gasteiger charge is -2.32. The normalized spacial score (nSPS) is 12.8. The van der Waals surface area contributed by atoms with Crippen molar-refractivity contribution in [2.45, 2.75) is 12.8 Å². The zero-order chi connectivity index (χ0) is 39.1. The van der Waals surface area contributed by atoms with Gasteiger partial charge in [0.15, 0.2) is 5.58 Å². The van der Waals surface area contributed by atoms with Gasteiger partial charge in [-0.3, -0.25) is 0 Å². The molecule has 0 unspecified atom stereocenters. The summed E-state index contributed by atoms with van der Waals surface area (Å²) in [7, 11) is 0. The van der Waals surface area contributed by atoms with Gasteiger partial charge < -0.3 is 13.7 Å². The lowest BCUT2D eigenvalue weighted by molar-refractivity contribution is 0.617. The van der Waals surface area contributed by atoms with E-state index in [1.54, 1.807) is 0 Å². The Kier molecular flexibility index (Phi) is 8.59. The van der Waals surface area contributed by atoms with Crippen molar-refractivity contribution < 1.29 is 8.83 Å². The molecule has 0 radical (unpaired) electrons. The summed E-state index contributed by atoms with van der Waals surface area (Å²) in [4.78, 5) is 7.32. The van der Waals surface area contributed by atoms with Crippen molar-refractivity contribution in [2.24, 2.45) is 0 Å². The molecule has 10 aromatic rings. The van der Waals surface area contributed by atoms with Crippen molar-refractivity contribution in [3.05, 3.63) is 218 Å². The summed E-state index contributed by atoms with van der Waals surface area (Å²) in [6.45, 7) is 0. The summed E-state index contributed by atoms with van der Waals surface area (Å²) in [5.41, 5.74) is 17.2. The Morgan fingerprint density at radius 3 is 1.76 bits per heavy atom. The molecule has 59 heavy (non-hydrogen) atoms. The van der Waals surface area contributed by atoms with Crippen molar-refractivity contribution in [1.29, 1.82) is 0 Å². The number of hydrogen-bond donors (Lipinski definition) is 0. The number of allylic oxidation sites excluding steroid dienone is 4. The first-order valence-corrected chi connectivity index (χ1v) is 20.2. The molecular formula is C55H38N2O2. The molecule has 0 N–H and O–H groups in total.